The van der Waals surface area contributed by atoms with Crippen LogP contribution in [0.4, 0.5) is 0 Å². The molecule has 0 fully saturated rings. The van der Waals surface area contributed by atoms with Crippen LogP contribution < -0.4 is 4.52 Å². The van der Waals surface area contributed by atoms with Crippen LogP contribution in [0.3, 0.4) is 0 Å². The minimum absolute atomic E-state index is 0.0408. The standard InChI is InChI=1S/C13H16N2O5P2/c1-15(2)9-6-4-3-5-7(16)13(6,20-22)11(17)8-10(9)18-14-12(8)19-21/h3,5-6,9H,4,21-22H2,1-2H3/t6-,9-,13-/m0/s1. The zero-order chi connectivity index (χ0) is 16.1. The number of nitrogens with zero attached hydrogens (tertiary/aromatic N) is 2. The minimum atomic E-state index is -1.59. The van der Waals surface area contributed by atoms with Gasteiger partial charge in [-0.05, 0) is 31.7 Å². The van der Waals surface area contributed by atoms with E-state index in [9.17, 15) is 9.59 Å². The zero-order valence-electron chi connectivity index (χ0n) is 12.1. The fourth-order valence-corrected chi connectivity index (χ4v) is 3.93. The van der Waals surface area contributed by atoms with Gasteiger partial charge in [-0.15, -0.1) is 0 Å². The molecule has 0 saturated carbocycles. The Bertz CT molecular complexity index is 671. The van der Waals surface area contributed by atoms with Crippen molar-refractivity contribution in [3.8, 4) is 5.88 Å². The van der Waals surface area contributed by atoms with Crippen molar-refractivity contribution in [3.63, 3.8) is 0 Å². The number of fused-ring (bicyclic) bond motifs is 2. The van der Waals surface area contributed by atoms with E-state index in [1.54, 1.807) is 6.08 Å². The van der Waals surface area contributed by atoms with Crippen molar-refractivity contribution >= 4 is 30.5 Å². The summed E-state index contributed by atoms with van der Waals surface area (Å²) >= 11 is 0. The number of allylic oxidation sites excluding steroid dienone is 1. The first kappa shape index (κ1) is 15.8. The molecule has 118 valence electrons. The summed E-state index contributed by atoms with van der Waals surface area (Å²) in [4.78, 5) is 27.4. The molecule has 7 nitrogen and oxygen atoms in total. The Kier molecular flexibility index (Phi) is 3.94. The normalized spacial score (nSPS) is 30.4. The van der Waals surface area contributed by atoms with E-state index in [1.807, 2.05) is 28.5 Å². The third kappa shape index (κ3) is 1.86. The molecule has 5 atom stereocenters. The lowest BCUT2D eigenvalue weighted by atomic mass is 9.65. The molecule has 0 aromatic carbocycles. The molecular weight excluding hydrogens is 326 g/mol. The van der Waals surface area contributed by atoms with E-state index in [0.717, 1.165) is 0 Å². The summed E-state index contributed by atoms with van der Waals surface area (Å²) in [5, 5.41) is 3.79. The summed E-state index contributed by atoms with van der Waals surface area (Å²) < 4.78 is 15.8. The van der Waals surface area contributed by atoms with Crippen molar-refractivity contribution in [2.75, 3.05) is 14.1 Å². The molecule has 0 N–H and O–H groups in total. The first-order valence-corrected chi connectivity index (χ1v) is 7.59. The Morgan fingerprint density at radius 2 is 2.14 bits per heavy atom. The van der Waals surface area contributed by atoms with Gasteiger partial charge in [0.25, 0.3) is 5.88 Å². The van der Waals surface area contributed by atoms with Gasteiger partial charge >= 0.3 is 0 Å². The summed E-state index contributed by atoms with van der Waals surface area (Å²) in [5.74, 6) is -0.814. The van der Waals surface area contributed by atoms with Crippen molar-refractivity contribution in [1.29, 1.82) is 0 Å². The molecule has 0 spiro atoms. The maximum Gasteiger partial charge on any atom is 0.267 e. The van der Waals surface area contributed by atoms with Crippen LogP contribution in [0.15, 0.2) is 16.7 Å². The second-order valence-corrected chi connectivity index (χ2v) is 6.02. The van der Waals surface area contributed by atoms with E-state index in [4.69, 9.17) is 13.6 Å². The fourth-order valence-electron chi connectivity index (χ4n) is 3.37. The van der Waals surface area contributed by atoms with E-state index < -0.39 is 17.3 Å². The van der Waals surface area contributed by atoms with Crippen LogP contribution in [0.25, 0.3) is 0 Å². The van der Waals surface area contributed by atoms with E-state index in [1.165, 1.54) is 6.08 Å². The Morgan fingerprint density at radius 3 is 2.73 bits per heavy atom. The van der Waals surface area contributed by atoms with Gasteiger partial charge in [0, 0.05) is 15.4 Å². The SMILES string of the molecule is CN(C)[C@@H]1c2onc(OP)c2C(=O)[C@@]2(OP)C(=O)C=CC[C@@H]12. The fraction of sp³-hybridized carbons (Fsp3) is 0.462. The molecule has 2 unspecified atom stereocenters. The molecule has 0 aliphatic heterocycles. The number of carbonyl (C=O) groups excluding carboxylic acids is 2. The van der Waals surface area contributed by atoms with E-state index in [0.29, 0.717) is 12.2 Å². The summed E-state index contributed by atoms with van der Waals surface area (Å²) in [7, 11) is 7.79. The van der Waals surface area contributed by atoms with Crippen molar-refractivity contribution in [3.05, 3.63) is 23.5 Å². The highest BCUT2D eigenvalue weighted by Gasteiger charge is 2.62. The Labute approximate surface area is 131 Å². The third-order valence-corrected chi connectivity index (χ3v) is 4.90. The molecule has 9 heteroatoms. The van der Waals surface area contributed by atoms with Crippen LogP contribution in [0.1, 0.15) is 28.6 Å². The van der Waals surface area contributed by atoms with Crippen molar-refractivity contribution in [2.24, 2.45) is 5.92 Å². The number of rotatable bonds is 3. The molecule has 2 aliphatic carbocycles. The van der Waals surface area contributed by atoms with Gasteiger partial charge in [-0.2, -0.15) is 0 Å². The Hall–Kier alpha value is -1.13. The molecule has 1 heterocycles. The quantitative estimate of drug-likeness (QED) is 0.605. The second kappa shape index (κ2) is 5.50. The maximum atomic E-state index is 13.0. The van der Waals surface area contributed by atoms with Crippen molar-refractivity contribution in [2.45, 2.75) is 18.1 Å². The number of ketones is 2. The van der Waals surface area contributed by atoms with Gasteiger partial charge in [0.15, 0.2) is 11.5 Å². The highest BCUT2D eigenvalue weighted by molar-refractivity contribution is 7.10. The lowest BCUT2D eigenvalue weighted by molar-refractivity contribution is -0.132. The Balaban J connectivity index is 2.29. The number of carbonyl (C=O) groups is 2. The van der Waals surface area contributed by atoms with Crippen LogP contribution in [-0.2, 0) is 9.32 Å². The third-order valence-electron chi connectivity index (χ3n) is 4.30. The molecule has 22 heavy (non-hydrogen) atoms. The van der Waals surface area contributed by atoms with Crippen molar-refractivity contribution < 1.29 is 23.2 Å². The van der Waals surface area contributed by atoms with Crippen LogP contribution in [0, 0.1) is 5.92 Å². The zero-order valence-corrected chi connectivity index (χ0v) is 14.4. The van der Waals surface area contributed by atoms with E-state index in [-0.39, 0.29) is 23.3 Å². The lowest BCUT2D eigenvalue weighted by Crippen LogP contribution is -2.60. The van der Waals surface area contributed by atoms with Crippen LogP contribution in [0.5, 0.6) is 5.88 Å². The molecule has 3 rings (SSSR count). The minimum Gasteiger partial charge on any atom is -0.461 e. The highest BCUT2D eigenvalue weighted by atomic mass is 31.0. The summed E-state index contributed by atoms with van der Waals surface area (Å²) in [5.41, 5.74) is -1.43. The van der Waals surface area contributed by atoms with E-state index in [2.05, 4.69) is 14.6 Å². The summed E-state index contributed by atoms with van der Waals surface area (Å²) in [6, 6.07) is -0.330. The topological polar surface area (TPSA) is 81.9 Å². The monoisotopic (exact) mass is 342 g/mol. The molecule has 1 aromatic rings. The van der Waals surface area contributed by atoms with Crippen molar-refractivity contribution in [1.82, 2.24) is 10.1 Å². The van der Waals surface area contributed by atoms with Crippen LogP contribution in [0.2, 0.25) is 0 Å². The van der Waals surface area contributed by atoms with Gasteiger partial charge in [-0.25, -0.2) is 0 Å². The first-order chi connectivity index (χ1) is 10.5. The number of Topliss-reactive ketones (excluding diaryl/α,β-unsaturated/α-hetero) is 1. The van der Waals surface area contributed by atoms with Gasteiger partial charge < -0.3 is 13.6 Å². The second-order valence-electron chi connectivity index (χ2n) is 5.54. The average Bonchev–Trinajstić information content (AvgIpc) is 2.91. The molecule has 0 bridgehead atoms. The van der Waals surface area contributed by atoms with Crippen LogP contribution >= 0.6 is 18.9 Å². The first-order valence-electron chi connectivity index (χ1n) is 6.65. The average molecular weight is 342 g/mol. The van der Waals surface area contributed by atoms with Gasteiger partial charge in [-0.3, -0.25) is 14.5 Å². The van der Waals surface area contributed by atoms with Gasteiger partial charge in [0.1, 0.15) is 5.56 Å². The number of hydrogen-bond acceptors (Lipinski definition) is 7. The summed E-state index contributed by atoms with van der Waals surface area (Å²) in [6.07, 6.45) is 3.67. The summed E-state index contributed by atoms with van der Waals surface area (Å²) in [6.45, 7) is 0. The predicted octanol–water partition coefficient (Wildman–Crippen LogP) is 1.33. The number of aromatic nitrogens is 1. The maximum absolute atomic E-state index is 13.0. The molecule has 0 radical (unpaired) electrons. The smallest absolute Gasteiger partial charge is 0.267 e. The molecular formula is C13H16N2O5P2. The predicted molar refractivity (Wildman–Crippen MR) is 83.4 cm³/mol. The largest absolute Gasteiger partial charge is 0.461 e. The van der Waals surface area contributed by atoms with Crippen LogP contribution in [-0.4, -0.2) is 41.3 Å². The number of hydrogen-bond donors (Lipinski definition) is 0. The molecule has 0 saturated heterocycles. The highest BCUT2D eigenvalue weighted by Crippen LogP contribution is 2.51. The molecule has 2 aliphatic rings. The van der Waals surface area contributed by atoms with Gasteiger partial charge in [0.05, 0.1) is 15.5 Å². The lowest BCUT2D eigenvalue weighted by Gasteiger charge is -2.45. The molecule has 0 amide bonds. The van der Waals surface area contributed by atoms with Gasteiger partial charge in [0.2, 0.25) is 11.4 Å². The van der Waals surface area contributed by atoms with Gasteiger partial charge in [-0.1, -0.05) is 6.08 Å². The molecule has 1 aromatic heterocycles. The Morgan fingerprint density at radius 1 is 1.41 bits per heavy atom. The van der Waals surface area contributed by atoms with E-state index >= 15 is 0 Å².